The van der Waals surface area contributed by atoms with Gasteiger partial charge in [-0.15, -0.1) is 0 Å². The highest BCUT2D eigenvalue weighted by Crippen LogP contribution is 2.53. The minimum Gasteiger partial charge on any atom is -0.490 e. The van der Waals surface area contributed by atoms with Crippen LogP contribution in [0.4, 0.5) is 5.69 Å². The van der Waals surface area contributed by atoms with E-state index in [1.54, 1.807) is 39.2 Å². The summed E-state index contributed by atoms with van der Waals surface area (Å²) in [6, 6.07) is 11.8. The van der Waals surface area contributed by atoms with Crippen molar-refractivity contribution in [3.8, 4) is 5.75 Å². The third kappa shape index (κ3) is 5.82. The number of anilines is 1. The van der Waals surface area contributed by atoms with Crippen molar-refractivity contribution in [3.05, 3.63) is 70.3 Å². The summed E-state index contributed by atoms with van der Waals surface area (Å²) in [5.41, 5.74) is 1.45. The number of carbonyl (C=O) groups is 2. The number of hydrogen-bond acceptors (Lipinski definition) is 6. The van der Waals surface area contributed by atoms with E-state index in [4.69, 9.17) is 21.1 Å². The molecule has 0 saturated heterocycles. The lowest BCUT2D eigenvalue weighted by atomic mass is 9.58. The predicted octanol–water partition coefficient (Wildman–Crippen LogP) is 5.33. The van der Waals surface area contributed by atoms with Crippen LogP contribution in [0.25, 0.3) is 0 Å². The largest absolute Gasteiger partial charge is 0.490 e. The van der Waals surface area contributed by atoms with Crippen LogP contribution >= 0.6 is 11.6 Å². The maximum Gasteiger partial charge on any atom is 0.259 e. The highest BCUT2D eigenvalue weighted by molar-refractivity contribution is 6.30. The molecule has 2 aromatic rings. The lowest BCUT2D eigenvalue weighted by Gasteiger charge is -2.53. The number of benzene rings is 2. The molecule has 1 unspecified atom stereocenters. The molecule has 2 aromatic carbocycles. The Morgan fingerprint density at radius 3 is 2.67 bits per heavy atom. The van der Waals surface area contributed by atoms with Gasteiger partial charge in [0.25, 0.3) is 5.91 Å². The molecule has 6 rings (SSSR count). The SMILES string of the molecule is CO[C@H]1/C=C/CCN(C)C(=O)C[C@](O)(C(=O)N(C)C)c2ccc3c(c2)N(CC2(C)CC[C@@H]12)C[C@@]1(CCCc2cc(Cl)ccc21)CO3. The lowest BCUT2D eigenvalue weighted by molar-refractivity contribution is -0.156. The van der Waals surface area contributed by atoms with Crippen molar-refractivity contribution in [1.29, 1.82) is 0 Å². The van der Waals surface area contributed by atoms with E-state index in [9.17, 15) is 14.7 Å². The van der Waals surface area contributed by atoms with Crippen LogP contribution in [-0.2, 0) is 31.8 Å². The summed E-state index contributed by atoms with van der Waals surface area (Å²) in [6.45, 7) is 4.82. The lowest BCUT2D eigenvalue weighted by Crippen LogP contribution is -2.54. The van der Waals surface area contributed by atoms with Gasteiger partial charge in [-0.25, -0.2) is 0 Å². The highest BCUT2D eigenvalue weighted by atomic mass is 35.5. The van der Waals surface area contributed by atoms with E-state index < -0.39 is 11.5 Å². The molecule has 1 saturated carbocycles. The van der Waals surface area contributed by atoms with Gasteiger partial charge in [-0.1, -0.05) is 42.8 Å². The van der Waals surface area contributed by atoms with Gasteiger partial charge < -0.3 is 29.3 Å². The molecule has 1 spiro atoms. The zero-order chi connectivity index (χ0) is 32.9. The Hall–Kier alpha value is -3.07. The van der Waals surface area contributed by atoms with Gasteiger partial charge in [0.15, 0.2) is 5.60 Å². The van der Waals surface area contributed by atoms with Crippen molar-refractivity contribution in [1.82, 2.24) is 9.80 Å². The zero-order valence-corrected chi connectivity index (χ0v) is 28.6. The van der Waals surface area contributed by atoms with Crippen LogP contribution in [0.3, 0.4) is 0 Å². The van der Waals surface area contributed by atoms with Crippen LogP contribution in [0, 0.1) is 11.3 Å². The maximum atomic E-state index is 13.7. The second kappa shape index (κ2) is 12.5. The molecular weight excluding hydrogens is 602 g/mol. The monoisotopic (exact) mass is 649 g/mol. The molecule has 5 atom stereocenters. The van der Waals surface area contributed by atoms with E-state index in [0.717, 1.165) is 55.9 Å². The first-order chi connectivity index (χ1) is 21.9. The minimum atomic E-state index is -2.04. The van der Waals surface area contributed by atoms with Crippen molar-refractivity contribution >= 4 is 29.1 Å². The number of amides is 2. The summed E-state index contributed by atoms with van der Waals surface area (Å²) in [5.74, 6) is 0.207. The molecule has 2 bridgehead atoms. The molecule has 9 heteroatoms. The van der Waals surface area contributed by atoms with Gasteiger partial charge in [0, 0.05) is 58.3 Å². The molecular formula is C37H48ClN3O5. The van der Waals surface area contributed by atoms with Crippen LogP contribution in [0.1, 0.15) is 62.1 Å². The Kier molecular flexibility index (Phi) is 8.94. The van der Waals surface area contributed by atoms with E-state index in [-0.39, 0.29) is 29.3 Å². The fraction of sp³-hybridized carbons (Fsp3) is 0.568. The first-order valence-electron chi connectivity index (χ1n) is 16.6. The number of fused-ring (bicyclic) bond motifs is 4. The molecule has 0 aromatic heterocycles. The number of rotatable bonds is 2. The first kappa shape index (κ1) is 32.9. The molecule has 4 aliphatic rings. The van der Waals surface area contributed by atoms with E-state index in [2.05, 4.69) is 36.1 Å². The Labute approximate surface area is 278 Å². The predicted molar refractivity (Wildman–Crippen MR) is 180 cm³/mol. The summed E-state index contributed by atoms with van der Waals surface area (Å²) in [6.07, 6.45) is 9.65. The quantitative estimate of drug-likeness (QED) is 0.443. The molecule has 248 valence electrons. The second-order valence-electron chi connectivity index (χ2n) is 14.5. The normalized spacial score (nSPS) is 32.0. The number of aryl methyl sites for hydroxylation is 1. The maximum absolute atomic E-state index is 13.7. The molecule has 1 N–H and O–H groups in total. The molecule has 8 nitrogen and oxygen atoms in total. The Morgan fingerprint density at radius 2 is 1.96 bits per heavy atom. The van der Waals surface area contributed by atoms with Gasteiger partial charge in [0.1, 0.15) is 5.75 Å². The molecule has 46 heavy (non-hydrogen) atoms. The number of ether oxygens (including phenoxy) is 2. The smallest absolute Gasteiger partial charge is 0.259 e. The molecule has 2 amide bonds. The number of nitrogens with zero attached hydrogens (tertiary/aromatic N) is 3. The fourth-order valence-electron chi connectivity index (χ4n) is 8.37. The van der Waals surface area contributed by atoms with Crippen LogP contribution < -0.4 is 9.64 Å². The van der Waals surface area contributed by atoms with Gasteiger partial charge in [-0.05, 0) is 90.8 Å². The summed E-state index contributed by atoms with van der Waals surface area (Å²) in [7, 11) is 6.72. The zero-order valence-electron chi connectivity index (χ0n) is 27.9. The van der Waals surface area contributed by atoms with E-state index >= 15 is 0 Å². The summed E-state index contributed by atoms with van der Waals surface area (Å²) >= 11 is 6.46. The van der Waals surface area contributed by atoms with Gasteiger partial charge in [-0.3, -0.25) is 9.59 Å². The Balaban J connectivity index is 1.50. The van der Waals surface area contributed by atoms with Crippen molar-refractivity contribution in [2.45, 2.75) is 69.0 Å². The van der Waals surface area contributed by atoms with Gasteiger partial charge >= 0.3 is 0 Å². The third-order valence-corrected chi connectivity index (χ3v) is 11.4. The Morgan fingerprint density at radius 1 is 1.15 bits per heavy atom. The highest BCUT2D eigenvalue weighted by Gasteiger charge is 2.50. The fourth-order valence-corrected chi connectivity index (χ4v) is 8.57. The average molecular weight is 650 g/mol. The average Bonchev–Trinajstić information content (AvgIpc) is 3.17. The summed E-state index contributed by atoms with van der Waals surface area (Å²) in [4.78, 5) is 32.6. The van der Waals surface area contributed by atoms with Gasteiger partial charge in [-0.2, -0.15) is 0 Å². The van der Waals surface area contributed by atoms with Crippen LogP contribution in [0.2, 0.25) is 5.02 Å². The summed E-state index contributed by atoms with van der Waals surface area (Å²) in [5, 5.41) is 12.9. The molecule has 2 heterocycles. The molecule has 2 aliphatic carbocycles. The minimum absolute atomic E-state index is 0.0315. The van der Waals surface area contributed by atoms with Crippen LogP contribution in [0.5, 0.6) is 5.75 Å². The standard InChI is InChI=1S/C37H48ClN3O5/c1-35-17-15-29(35)31(45-5)10-6-7-18-40(4)33(42)21-37(44,34(43)39(2)3)26-11-14-32-30(20-26)41(22-35)23-36(24-46-32)16-8-9-25-19-27(38)12-13-28(25)36/h6,10-14,19-20,29,31,44H,7-9,15-18,21-24H2,1-5H3/b10-6+/t29-,31-,35?,36-,37+/m0/s1. The second-order valence-corrected chi connectivity index (χ2v) is 15.0. The van der Waals surface area contributed by atoms with Crippen molar-refractivity contribution in [2.75, 3.05) is 59.4 Å². The third-order valence-electron chi connectivity index (χ3n) is 11.2. The molecule has 0 radical (unpaired) electrons. The van der Waals surface area contributed by atoms with Crippen molar-refractivity contribution < 1.29 is 24.2 Å². The molecule has 1 fully saturated rings. The number of hydrogen-bond donors (Lipinski definition) is 1. The Bertz CT molecular complexity index is 1530. The number of aliphatic hydroxyl groups is 1. The van der Waals surface area contributed by atoms with Crippen LogP contribution in [-0.4, -0.2) is 87.3 Å². The number of methoxy groups -OCH3 is 1. The number of carbonyl (C=O) groups excluding carboxylic acids is 2. The van der Waals surface area contributed by atoms with E-state index in [1.165, 1.54) is 16.0 Å². The van der Waals surface area contributed by atoms with Crippen LogP contribution in [0.15, 0.2) is 48.6 Å². The number of halogens is 1. The van der Waals surface area contributed by atoms with Gasteiger partial charge in [0.05, 0.1) is 24.8 Å². The van der Waals surface area contributed by atoms with Crippen molar-refractivity contribution in [2.24, 2.45) is 11.3 Å². The van der Waals surface area contributed by atoms with E-state index in [0.29, 0.717) is 36.8 Å². The van der Waals surface area contributed by atoms with Crippen molar-refractivity contribution in [3.63, 3.8) is 0 Å². The molecule has 2 aliphatic heterocycles. The summed E-state index contributed by atoms with van der Waals surface area (Å²) < 4.78 is 12.8. The number of likely N-dealkylation sites (N-methyl/N-ethyl adjacent to an activating group) is 1. The topological polar surface area (TPSA) is 82.5 Å². The first-order valence-corrected chi connectivity index (χ1v) is 17.0. The van der Waals surface area contributed by atoms with E-state index in [1.807, 2.05) is 18.2 Å². The van der Waals surface area contributed by atoms with Gasteiger partial charge in [0.2, 0.25) is 5.91 Å².